The van der Waals surface area contributed by atoms with E-state index in [0.29, 0.717) is 5.92 Å². The lowest BCUT2D eigenvalue weighted by Crippen LogP contribution is -2.63. The molecule has 0 amide bonds. The summed E-state index contributed by atoms with van der Waals surface area (Å²) in [4.78, 5) is 2.41. The molecule has 1 saturated heterocycles. The molecule has 1 heterocycles. The van der Waals surface area contributed by atoms with Crippen molar-refractivity contribution < 1.29 is 5.11 Å². The maximum atomic E-state index is 10.1. The highest BCUT2D eigenvalue weighted by atomic mass is 16.3. The average Bonchev–Trinajstić information content (AvgIpc) is 2.91. The highest BCUT2D eigenvalue weighted by Gasteiger charge is 2.51. The van der Waals surface area contributed by atoms with Crippen molar-refractivity contribution in [2.24, 2.45) is 5.92 Å². The summed E-state index contributed by atoms with van der Waals surface area (Å²) < 4.78 is 0. The van der Waals surface area contributed by atoms with Crippen LogP contribution in [0.25, 0.3) is 0 Å². The molecule has 2 heteroatoms. The summed E-state index contributed by atoms with van der Waals surface area (Å²) in [5.74, 6) is 0.648. The highest BCUT2D eigenvalue weighted by Crippen LogP contribution is 2.44. The van der Waals surface area contributed by atoms with Gasteiger partial charge >= 0.3 is 0 Å². The van der Waals surface area contributed by atoms with E-state index in [1.165, 1.54) is 45.1 Å². The van der Waals surface area contributed by atoms with Crippen LogP contribution in [0.2, 0.25) is 0 Å². The molecule has 0 unspecified atom stereocenters. The molecule has 2 fully saturated rings. The Balaban J connectivity index is 1.54. The van der Waals surface area contributed by atoms with Gasteiger partial charge in [-0.2, -0.15) is 0 Å². The molecular formula is C12H23NO. The zero-order valence-corrected chi connectivity index (χ0v) is 9.34. The molecule has 0 spiro atoms. The van der Waals surface area contributed by atoms with Crippen molar-refractivity contribution in [3.05, 3.63) is 0 Å². The van der Waals surface area contributed by atoms with Crippen LogP contribution in [-0.4, -0.2) is 35.2 Å². The van der Waals surface area contributed by atoms with Gasteiger partial charge in [-0.3, -0.25) is 4.90 Å². The minimum atomic E-state index is -0.273. The Hall–Kier alpha value is -0.0800. The molecule has 2 rings (SSSR count). The Bertz CT molecular complexity index is 183. The molecule has 0 aromatic carbocycles. The second-order valence-corrected chi connectivity index (χ2v) is 5.15. The van der Waals surface area contributed by atoms with Crippen LogP contribution in [0.4, 0.5) is 0 Å². The van der Waals surface area contributed by atoms with Gasteiger partial charge in [0, 0.05) is 13.1 Å². The Morgan fingerprint density at radius 1 is 1.21 bits per heavy atom. The van der Waals surface area contributed by atoms with Gasteiger partial charge in [0.15, 0.2) is 0 Å². The molecule has 0 radical (unpaired) electrons. The standard InChI is InChI=1S/C12H23NO/c1-2-3-4-5-8-13-9-12(14,10-13)11-6-7-11/h11,14H,2-10H2,1H3. The summed E-state index contributed by atoms with van der Waals surface area (Å²) in [5.41, 5.74) is -0.273. The zero-order chi connectivity index (χ0) is 10.0. The molecule has 2 aliphatic rings. The zero-order valence-electron chi connectivity index (χ0n) is 9.34. The smallest absolute Gasteiger partial charge is 0.0928 e. The van der Waals surface area contributed by atoms with Gasteiger partial charge < -0.3 is 5.11 Å². The molecule has 0 aromatic heterocycles. The summed E-state index contributed by atoms with van der Waals surface area (Å²) in [6, 6.07) is 0. The lowest BCUT2D eigenvalue weighted by atomic mass is 9.88. The highest BCUT2D eigenvalue weighted by molar-refractivity contribution is 5.05. The minimum Gasteiger partial charge on any atom is -0.387 e. The number of β-amino-alcohol motifs (C(OH)–C–C–N with tert-alkyl or cyclic N) is 1. The summed E-state index contributed by atoms with van der Waals surface area (Å²) in [7, 11) is 0. The molecule has 1 aliphatic carbocycles. The van der Waals surface area contributed by atoms with Crippen molar-refractivity contribution in [1.29, 1.82) is 0 Å². The lowest BCUT2D eigenvalue weighted by Gasteiger charge is -2.47. The van der Waals surface area contributed by atoms with Crippen LogP contribution in [0.5, 0.6) is 0 Å². The summed E-state index contributed by atoms with van der Waals surface area (Å²) in [5, 5.41) is 10.1. The Labute approximate surface area is 87.3 Å². The molecule has 14 heavy (non-hydrogen) atoms. The van der Waals surface area contributed by atoms with Crippen LogP contribution in [0.1, 0.15) is 45.4 Å². The minimum absolute atomic E-state index is 0.273. The second kappa shape index (κ2) is 4.19. The molecule has 0 aromatic rings. The lowest BCUT2D eigenvalue weighted by molar-refractivity contribution is -0.113. The van der Waals surface area contributed by atoms with Gasteiger partial charge in [0.05, 0.1) is 5.60 Å². The molecule has 82 valence electrons. The van der Waals surface area contributed by atoms with Crippen molar-refractivity contribution in [3.63, 3.8) is 0 Å². The third kappa shape index (κ3) is 2.29. The predicted molar refractivity (Wildman–Crippen MR) is 58.3 cm³/mol. The van der Waals surface area contributed by atoms with Gasteiger partial charge in [0.25, 0.3) is 0 Å². The maximum absolute atomic E-state index is 10.1. The fraction of sp³-hybridized carbons (Fsp3) is 1.00. The Morgan fingerprint density at radius 2 is 1.93 bits per heavy atom. The largest absolute Gasteiger partial charge is 0.387 e. The molecule has 0 bridgehead atoms. The molecule has 1 saturated carbocycles. The van der Waals surface area contributed by atoms with Crippen LogP contribution in [0.15, 0.2) is 0 Å². The van der Waals surface area contributed by atoms with E-state index in [0.717, 1.165) is 13.1 Å². The topological polar surface area (TPSA) is 23.5 Å². The van der Waals surface area contributed by atoms with E-state index in [-0.39, 0.29) is 5.60 Å². The van der Waals surface area contributed by atoms with Gasteiger partial charge in [-0.25, -0.2) is 0 Å². The number of rotatable bonds is 6. The van der Waals surface area contributed by atoms with Crippen molar-refractivity contribution in [2.45, 2.75) is 51.0 Å². The van der Waals surface area contributed by atoms with Gasteiger partial charge in [0.1, 0.15) is 0 Å². The monoisotopic (exact) mass is 197 g/mol. The molecule has 2 nitrogen and oxygen atoms in total. The van der Waals surface area contributed by atoms with Gasteiger partial charge in [-0.1, -0.05) is 26.2 Å². The van der Waals surface area contributed by atoms with E-state index in [2.05, 4.69) is 11.8 Å². The van der Waals surface area contributed by atoms with Gasteiger partial charge in [-0.05, 0) is 31.7 Å². The van der Waals surface area contributed by atoms with Crippen LogP contribution >= 0.6 is 0 Å². The van der Waals surface area contributed by atoms with Crippen LogP contribution < -0.4 is 0 Å². The van der Waals surface area contributed by atoms with Gasteiger partial charge in [-0.15, -0.1) is 0 Å². The summed E-state index contributed by atoms with van der Waals surface area (Å²) in [6.45, 7) is 5.35. The number of hydrogen-bond donors (Lipinski definition) is 1. The first-order chi connectivity index (χ1) is 6.74. The first-order valence-electron chi connectivity index (χ1n) is 6.19. The van der Waals surface area contributed by atoms with E-state index >= 15 is 0 Å². The van der Waals surface area contributed by atoms with E-state index in [9.17, 15) is 5.11 Å². The van der Waals surface area contributed by atoms with Crippen molar-refractivity contribution >= 4 is 0 Å². The SMILES string of the molecule is CCCCCCN1CC(O)(C2CC2)C1. The molecule has 1 N–H and O–H groups in total. The van der Waals surface area contributed by atoms with Crippen LogP contribution in [0, 0.1) is 5.92 Å². The maximum Gasteiger partial charge on any atom is 0.0928 e. The number of unbranched alkanes of at least 4 members (excludes halogenated alkanes) is 3. The quantitative estimate of drug-likeness (QED) is 0.659. The molecule has 1 aliphatic heterocycles. The summed E-state index contributed by atoms with van der Waals surface area (Å²) >= 11 is 0. The van der Waals surface area contributed by atoms with E-state index in [4.69, 9.17) is 0 Å². The normalized spacial score (nSPS) is 26.1. The van der Waals surface area contributed by atoms with Crippen molar-refractivity contribution in [2.75, 3.05) is 19.6 Å². The Kier molecular flexibility index (Phi) is 3.13. The Morgan fingerprint density at radius 3 is 2.50 bits per heavy atom. The fourth-order valence-corrected chi connectivity index (χ4v) is 2.53. The van der Waals surface area contributed by atoms with E-state index < -0.39 is 0 Å². The second-order valence-electron chi connectivity index (χ2n) is 5.15. The molecular weight excluding hydrogens is 174 g/mol. The number of likely N-dealkylation sites (tertiary alicyclic amines) is 1. The van der Waals surface area contributed by atoms with Crippen LogP contribution in [-0.2, 0) is 0 Å². The van der Waals surface area contributed by atoms with Crippen LogP contribution in [0.3, 0.4) is 0 Å². The first kappa shape index (κ1) is 10.4. The third-order valence-corrected chi connectivity index (χ3v) is 3.66. The average molecular weight is 197 g/mol. The van der Waals surface area contributed by atoms with E-state index in [1.807, 2.05) is 0 Å². The van der Waals surface area contributed by atoms with Crippen molar-refractivity contribution in [3.8, 4) is 0 Å². The first-order valence-corrected chi connectivity index (χ1v) is 6.19. The summed E-state index contributed by atoms with van der Waals surface area (Å²) in [6.07, 6.45) is 7.87. The third-order valence-electron chi connectivity index (χ3n) is 3.66. The van der Waals surface area contributed by atoms with E-state index in [1.54, 1.807) is 0 Å². The molecule has 0 atom stereocenters. The number of nitrogens with zero attached hydrogens (tertiary/aromatic N) is 1. The number of hydrogen-bond acceptors (Lipinski definition) is 2. The number of aliphatic hydroxyl groups is 1. The fourth-order valence-electron chi connectivity index (χ4n) is 2.53. The van der Waals surface area contributed by atoms with Gasteiger partial charge in [0.2, 0.25) is 0 Å². The van der Waals surface area contributed by atoms with Crippen molar-refractivity contribution in [1.82, 2.24) is 4.90 Å². The predicted octanol–water partition coefficient (Wildman–Crippen LogP) is 2.02.